The topological polar surface area (TPSA) is 71.2 Å². The van der Waals surface area contributed by atoms with Gasteiger partial charge in [-0.2, -0.15) is 5.10 Å². The number of carbonyl (C=O) groups excluding carboxylic acids is 1. The molecule has 6 nitrogen and oxygen atoms in total. The Hall–Kier alpha value is -3.45. The third kappa shape index (κ3) is 4.01. The van der Waals surface area contributed by atoms with E-state index in [0.717, 1.165) is 34.3 Å². The number of fused-ring (bicyclic) bond motifs is 1. The highest BCUT2D eigenvalue weighted by molar-refractivity contribution is 7.12. The lowest BCUT2D eigenvalue weighted by molar-refractivity contribution is 0.0775. The number of phenolic OH excluding ortho intramolecular Hbond substituents is 1. The quantitative estimate of drug-likeness (QED) is 0.396. The summed E-state index contributed by atoms with van der Waals surface area (Å²) in [7, 11) is 0. The van der Waals surface area contributed by atoms with Gasteiger partial charge in [0.1, 0.15) is 5.75 Å². The minimum Gasteiger partial charge on any atom is -0.508 e. The molecule has 0 bridgehead atoms. The second kappa shape index (κ2) is 8.72. The number of aryl methyl sites for hydroxylation is 2. The van der Waals surface area contributed by atoms with Crippen LogP contribution in [0.5, 0.6) is 5.75 Å². The number of phenols is 1. The molecule has 34 heavy (non-hydrogen) atoms. The fourth-order valence-electron chi connectivity index (χ4n) is 4.56. The summed E-state index contributed by atoms with van der Waals surface area (Å²) in [5.74, 6) is 0.259. The van der Waals surface area contributed by atoms with Crippen molar-refractivity contribution in [1.82, 2.24) is 19.7 Å². The molecule has 3 aromatic heterocycles. The number of thiophene rings is 1. The van der Waals surface area contributed by atoms with Gasteiger partial charge in [-0.15, -0.1) is 11.3 Å². The number of hydrogen-bond donors (Lipinski definition) is 1. The van der Waals surface area contributed by atoms with Gasteiger partial charge in [0.05, 0.1) is 22.8 Å². The zero-order valence-electron chi connectivity index (χ0n) is 19.9. The molecule has 0 saturated carbocycles. The zero-order chi connectivity index (χ0) is 24.0. The summed E-state index contributed by atoms with van der Waals surface area (Å²) >= 11 is 1.74. The lowest BCUT2D eigenvalue weighted by Crippen LogP contribution is -2.34. The predicted octanol–water partition coefficient (Wildman–Crippen LogP) is 5.99. The Labute approximate surface area is 203 Å². The van der Waals surface area contributed by atoms with E-state index < -0.39 is 0 Å². The third-order valence-electron chi connectivity index (χ3n) is 6.34. The van der Waals surface area contributed by atoms with Crippen LogP contribution in [0.15, 0.2) is 48.7 Å². The van der Waals surface area contributed by atoms with E-state index in [1.54, 1.807) is 29.7 Å². The lowest BCUT2D eigenvalue weighted by atomic mass is 9.98. The molecule has 0 atom stereocenters. The summed E-state index contributed by atoms with van der Waals surface area (Å²) in [5.41, 5.74) is 5.57. The summed E-state index contributed by atoms with van der Waals surface area (Å²) in [6, 6.07) is 11.5. The van der Waals surface area contributed by atoms with Gasteiger partial charge in [-0.1, -0.05) is 18.2 Å². The summed E-state index contributed by atoms with van der Waals surface area (Å²) in [5, 5.41) is 14.9. The first-order chi connectivity index (χ1) is 16.3. The number of aromatic nitrogens is 3. The first kappa shape index (κ1) is 22.3. The molecular weight excluding hydrogens is 444 g/mol. The Morgan fingerprint density at radius 2 is 1.91 bits per heavy atom. The normalized spacial score (nSPS) is 14.1. The minimum atomic E-state index is 0.00238. The molecule has 174 valence electrons. The third-order valence-corrected chi connectivity index (χ3v) is 7.30. The summed E-state index contributed by atoms with van der Waals surface area (Å²) in [6.07, 6.45) is 4.65. The van der Waals surface area contributed by atoms with Crippen LogP contribution >= 0.6 is 11.3 Å². The van der Waals surface area contributed by atoms with Gasteiger partial charge >= 0.3 is 0 Å². The van der Waals surface area contributed by atoms with Crippen molar-refractivity contribution in [1.29, 1.82) is 0 Å². The van der Waals surface area contributed by atoms with Crippen molar-refractivity contribution in [3.05, 3.63) is 69.6 Å². The van der Waals surface area contributed by atoms with Crippen molar-refractivity contribution in [3.8, 4) is 17.0 Å². The Kier molecular flexibility index (Phi) is 5.73. The number of amides is 1. The smallest absolute Gasteiger partial charge is 0.255 e. The molecule has 1 aliphatic heterocycles. The number of hydrogen-bond acceptors (Lipinski definition) is 5. The SMILES string of the molecule is Cc1cc(-c2cc(C(=O)N3CC=C(c4ccc(O)cc4)CC3)c3cnn(C(C)C)c3n2)c(C)s1. The van der Waals surface area contributed by atoms with Gasteiger partial charge in [0.25, 0.3) is 5.91 Å². The number of nitrogens with zero attached hydrogens (tertiary/aromatic N) is 4. The van der Waals surface area contributed by atoms with Crippen molar-refractivity contribution in [2.45, 2.75) is 40.2 Å². The average Bonchev–Trinajstić information content (AvgIpc) is 3.41. The Morgan fingerprint density at radius 1 is 1.15 bits per heavy atom. The Balaban J connectivity index is 1.53. The molecule has 0 saturated heterocycles. The molecule has 1 aromatic carbocycles. The monoisotopic (exact) mass is 472 g/mol. The maximum atomic E-state index is 13.8. The maximum absolute atomic E-state index is 13.8. The fraction of sp³-hybridized carbons (Fsp3) is 0.296. The fourth-order valence-corrected chi connectivity index (χ4v) is 5.49. The molecule has 1 amide bonds. The summed E-state index contributed by atoms with van der Waals surface area (Å²) in [6.45, 7) is 9.52. The van der Waals surface area contributed by atoms with Crippen molar-refractivity contribution >= 4 is 33.9 Å². The molecule has 0 fully saturated rings. The first-order valence-corrected chi connectivity index (χ1v) is 12.4. The molecule has 5 rings (SSSR count). The van der Waals surface area contributed by atoms with Gasteiger partial charge in [0.15, 0.2) is 5.65 Å². The highest BCUT2D eigenvalue weighted by Crippen LogP contribution is 2.33. The second-order valence-corrected chi connectivity index (χ2v) is 10.5. The molecule has 0 radical (unpaired) electrons. The Morgan fingerprint density at radius 3 is 2.53 bits per heavy atom. The van der Waals surface area contributed by atoms with Gasteiger partial charge in [0.2, 0.25) is 0 Å². The second-order valence-electron chi connectivity index (χ2n) is 9.08. The van der Waals surface area contributed by atoms with Gasteiger partial charge in [-0.25, -0.2) is 9.67 Å². The highest BCUT2D eigenvalue weighted by Gasteiger charge is 2.25. The van der Waals surface area contributed by atoms with Crippen LogP contribution in [0.3, 0.4) is 0 Å². The highest BCUT2D eigenvalue weighted by atomic mass is 32.1. The maximum Gasteiger partial charge on any atom is 0.255 e. The summed E-state index contributed by atoms with van der Waals surface area (Å²) < 4.78 is 1.89. The van der Waals surface area contributed by atoms with Crippen LogP contribution in [0, 0.1) is 13.8 Å². The van der Waals surface area contributed by atoms with Crippen LogP contribution in [0.1, 0.15) is 52.0 Å². The molecule has 0 spiro atoms. The van der Waals surface area contributed by atoms with Crippen molar-refractivity contribution in [2.75, 3.05) is 13.1 Å². The molecule has 0 unspecified atom stereocenters. The van der Waals surface area contributed by atoms with Crippen LogP contribution in [-0.2, 0) is 0 Å². The molecular formula is C27H28N4O2S. The van der Waals surface area contributed by atoms with E-state index in [1.165, 1.54) is 15.3 Å². The van der Waals surface area contributed by atoms with Crippen LogP contribution in [0.25, 0.3) is 27.9 Å². The van der Waals surface area contributed by atoms with E-state index in [9.17, 15) is 9.90 Å². The van der Waals surface area contributed by atoms with Crippen LogP contribution in [0.2, 0.25) is 0 Å². The number of aromatic hydroxyl groups is 1. The molecule has 4 heterocycles. The standard InChI is InChI=1S/C27H28N4O2S/c1-16(2)31-26-24(15-28-31)23(14-25(29-26)22-13-17(3)34-18(22)4)27(33)30-11-9-20(10-12-30)19-5-7-21(32)8-6-19/h5-9,13-16,32H,10-12H2,1-4H3. The lowest BCUT2D eigenvalue weighted by Gasteiger charge is -2.27. The number of pyridine rings is 1. The van der Waals surface area contributed by atoms with E-state index in [-0.39, 0.29) is 17.7 Å². The van der Waals surface area contributed by atoms with Gasteiger partial charge in [-0.3, -0.25) is 4.79 Å². The number of carbonyl (C=O) groups is 1. The van der Waals surface area contributed by atoms with Crippen molar-refractivity contribution < 1.29 is 9.90 Å². The zero-order valence-corrected chi connectivity index (χ0v) is 20.7. The molecule has 0 aliphatic carbocycles. The van der Waals surface area contributed by atoms with Crippen LogP contribution in [-0.4, -0.2) is 43.8 Å². The van der Waals surface area contributed by atoms with Crippen LogP contribution < -0.4 is 0 Å². The molecule has 1 N–H and O–H groups in total. The molecule has 7 heteroatoms. The van der Waals surface area contributed by atoms with Gasteiger partial charge in [0, 0.05) is 34.4 Å². The van der Waals surface area contributed by atoms with E-state index in [2.05, 4.69) is 44.9 Å². The Bertz CT molecular complexity index is 1410. The van der Waals surface area contributed by atoms with E-state index >= 15 is 0 Å². The molecule has 1 aliphatic rings. The molecule has 4 aromatic rings. The first-order valence-electron chi connectivity index (χ1n) is 11.5. The minimum absolute atomic E-state index is 0.00238. The average molecular weight is 473 g/mol. The van der Waals surface area contributed by atoms with Crippen LogP contribution in [0.4, 0.5) is 0 Å². The van der Waals surface area contributed by atoms with E-state index in [1.807, 2.05) is 27.8 Å². The van der Waals surface area contributed by atoms with E-state index in [0.29, 0.717) is 18.7 Å². The number of rotatable bonds is 4. The number of benzene rings is 1. The van der Waals surface area contributed by atoms with E-state index in [4.69, 9.17) is 4.98 Å². The van der Waals surface area contributed by atoms with Crippen molar-refractivity contribution in [2.24, 2.45) is 0 Å². The van der Waals surface area contributed by atoms with Gasteiger partial charge in [-0.05, 0) is 69.5 Å². The summed E-state index contributed by atoms with van der Waals surface area (Å²) in [4.78, 5) is 23.0. The van der Waals surface area contributed by atoms with Crippen molar-refractivity contribution in [3.63, 3.8) is 0 Å². The predicted molar refractivity (Wildman–Crippen MR) is 137 cm³/mol. The van der Waals surface area contributed by atoms with Gasteiger partial charge < -0.3 is 10.0 Å². The largest absolute Gasteiger partial charge is 0.508 e.